The summed E-state index contributed by atoms with van der Waals surface area (Å²) in [4.78, 5) is 0. The Labute approximate surface area is 97.8 Å². The van der Waals surface area contributed by atoms with E-state index < -0.39 is 0 Å². The monoisotopic (exact) mass is 223 g/mol. The Balaban J connectivity index is 2.47. The summed E-state index contributed by atoms with van der Waals surface area (Å²) in [6.07, 6.45) is 0. The van der Waals surface area contributed by atoms with E-state index in [2.05, 4.69) is 31.3 Å². The average Bonchev–Trinajstić information content (AvgIpc) is 2.30. The number of hydrogen-bond donors (Lipinski definition) is 1. The number of rotatable bonds is 7. The summed E-state index contributed by atoms with van der Waals surface area (Å²) in [6.45, 7) is 8.18. The van der Waals surface area contributed by atoms with Crippen LogP contribution in [-0.4, -0.2) is 19.9 Å². The van der Waals surface area contributed by atoms with Gasteiger partial charge in [-0.15, -0.1) is 0 Å². The minimum atomic E-state index is 0.318. The van der Waals surface area contributed by atoms with Crippen LogP contribution in [0.25, 0.3) is 0 Å². The van der Waals surface area contributed by atoms with E-state index in [1.54, 1.807) is 0 Å². The van der Waals surface area contributed by atoms with Crippen molar-refractivity contribution in [3.63, 3.8) is 0 Å². The molecule has 1 aromatic rings. The van der Waals surface area contributed by atoms with Crippen LogP contribution in [0.3, 0.4) is 0 Å². The van der Waals surface area contributed by atoms with E-state index in [0.717, 1.165) is 12.3 Å². The zero-order valence-corrected chi connectivity index (χ0v) is 10.3. The van der Waals surface area contributed by atoms with Crippen LogP contribution in [0.1, 0.15) is 32.4 Å². The van der Waals surface area contributed by atoms with Crippen molar-refractivity contribution < 1.29 is 9.47 Å². The highest BCUT2D eigenvalue weighted by molar-refractivity contribution is 5.28. The molecular formula is C13H21NO2. The van der Waals surface area contributed by atoms with E-state index in [4.69, 9.17) is 9.47 Å². The fraction of sp³-hybridized carbons (Fsp3) is 0.538. The molecule has 16 heavy (non-hydrogen) atoms. The van der Waals surface area contributed by atoms with Gasteiger partial charge in [0.2, 0.25) is 0 Å². The molecule has 0 radical (unpaired) electrons. The topological polar surface area (TPSA) is 30.5 Å². The molecule has 0 spiro atoms. The minimum Gasteiger partial charge on any atom is -0.468 e. The van der Waals surface area contributed by atoms with Crippen molar-refractivity contribution in [3.05, 3.63) is 29.8 Å². The van der Waals surface area contributed by atoms with E-state index in [9.17, 15) is 0 Å². The summed E-state index contributed by atoms with van der Waals surface area (Å²) >= 11 is 0. The first kappa shape index (κ1) is 13.0. The molecule has 1 rings (SSSR count). The first-order chi connectivity index (χ1) is 7.77. The van der Waals surface area contributed by atoms with Gasteiger partial charge in [0.15, 0.2) is 6.79 Å². The van der Waals surface area contributed by atoms with Gasteiger partial charge < -0.3 is 14.8 Å². The third-order valence-electron chi connectivity index (χ3n) is 2.40. The molecule has 90 valence electrons. The normalized spacial score (nSPS) is 12.4. The van der Waals surface area contributed by atoms with Gasteiger partial charge in [0, 0.05) is 12.6 Å². The van der Waals surface area contributed by atoms with Gasteiger partial charge in [-0.2, -0.15) is 0 Å². The molecule has 0 aliphatic rings. The Morgan fingerprint density at radius 2 is 1.88 bits per heavy atom. The van der Waals surface area contributed by atoms with E-state index >= 15 is 0 Å². The third kappa shape index (κ3) is 4.21. The molecule has 1 N–H and O–H groups in total. The van der Waals surface area contributed by atoms with Crippen molar-refractivity contribution in [3.8, 4) is 5.75 Å². The van der Waals surface area contributed by atoms with E-state index in [-0.39, 0.29) is 0 Å². The SMILES string of the molecule is CCNC(C)c1ccc(OCOCC)cc1. The van der Waals surface area contributed by atoms with Crippen LogP contribution >= 0.6 is 0 Å². The van der Waals surface area contributed by atoms with Crippen LogP contribution in [0.2, 0.25) is 0 Å². The van der Waals surface area contributed by atoms with Crippen LogP contribution in [0.4, 0.5) is 0 Å². The van der Waals surface area contributed by atoms with Crippen molar-refractivity contribution >= 4 is 0 Å². The molecule has 1 unspecified atom stereocenters. The molecule has 0 aliphatic heterocycles. The number of hydrogen-bond acceptors (Lipinski definition) is 3. The third-order valence-corrected chi connectivity index (χ3v) is 2.40. The summed E-state index contributed by atoms with van der Waals surface area (Å²) in [6, 6.07) is 8.49. The Morgan fingerprint density at radius 1 is 1.19 bits per heavy atom. The molecule has 3 nitrogen and oxygen atoms in total. The van der Waals surface area contributed by atoms with E-state index in [0.29, 0.717) is 19.4 Å². The first-order valence-corrected chi connectivity index (χ1v) is 5.81. The zero-order chi connectivity index (χ0) is 11.8. The van der Waals surface area contributed by atoms with Crippen molar-refractivity contribution in [2.24, 2.45) is 0 Å². The Kier molecular flexibility index (Phi) is 5.90. The molecule has 1 aromatic carbocycles. The molecule has 0 saturated heterocycles. The average molecular weight is 223 g/mol. The van der Waals surface area contributed by atoms with Crippen LogP contribution in [0.5, 0.6) is 5.75 Å². The zero-order valence-electron chi connectivity index (χ0n) is 10.3. The van der Waals surface area contributed by atoms with Crippen LogP contribution in [0.15, 0.2) is 24.3 Å². The smallest absolute Gasteiger partial charge is 0.189 e. The van der Waals surface area contributed by atoms with E-state index in [1.807, 2.05) is 19.1 Å². The van der Waals surface area contributed by atoms with Gasteiger partial charge in [-0.3, -0.25) is 0 Å². The van der Waals surface area contributed by atoms with Crippen molar-refractivity contribution in [1.82, 2.24) is 5.32 Å². The second-order valence-electron chi connectivity index (χ2n) is 3.60. The highest BCUT2D eigenvalue weighted by Crippen LogP contribution is 2.17. The lowest BCUT2D eigenvalue weighted by molar-refractivity contribution is 0.0224. The molecule has 0 bridgehead atoms. The summed E-state index contributed by atoms with van der Waals surface area (Å²) < 4.78 is 10.5. The predicted molar refractivity (Wildman–Crippen MR) is 65.7 cm³/mol. The summed E-state index contributed by atoms with van der Waals surface area (Å²) in [5, 5.41) is 3.37. The molecule has 0 aromatic heterocycles. The molecular weight excluding hydrogens is 202 g/mol. The van der Waals surface area contributed by atoms with Crippen LogP contribution < -0.4 is 10.1 Å². The standard InChI is InChI=1S/C13H21NO2/c1-4-14-11(3)12-6-8-13(9-7-12)16-10-15-5-2/h6-9,11,14H,4-5,10H2,1-3H3. The first-order valence-electron chi connectivity index (χ1n) is 5.81. The van der Waals surface area contributed by atoms with Crippen molar-refractivity contribution in [2.45, 2.75) is 26.8 Å². The lowest BCUT2D eigenvalue weighted by Gasteiger charge is -2.13. The minimum absolute atomic E-state index is 0.318. The molecule has 0 aliphatic carbocycles. The van der Waals surface area contributed by atoms with Crippen molar-refractivity contribution in [1.29, 1.82) is 0 Å². The number of nitrogens with one attached hydrogen (secondary N) is 1. The highest BCUT2D eigenvalue weighted by Gasteiger charge is 2.03. The molecule has 0 heterocycles. The molecule has 1 atom stereocenters. The lowest BCUT2D eigenvalue weighted by atomic mass is 10.1. The van der Waals surface area contributed by atoms with Gasteiger partial charge >= 0.3 is 0 Å². The second-order valence-corrected chi connectivity index (χ2v) is 3.60. The maximum atomic E-state index is 5.40. The quantitative estimate of drug-likeness (QED) is 0.569. The number of ether oxygens (including phenoxy) is 2. The molecule has 0 amide bonds. The van der Waals surface area contributed by atoms with Gasteiger partial charge in [0.05, 0.1) is 0 Å². The second kappa shape index (κ2) is 7.25. The highest BCUT2D eigenvalue weighted by atomic mass is 16.7. The Morgan fingerprint density at radius 3 is 2.44 bits per heavy atom. The van der Waals surface area contributed by atoms with Gasteiger partial charge in [-0.05, 0) is 38.1 Å². The summed E-state index contributed by atoms with van der Waals surface area (Å²) in [5.74, 6) is 0.848. The summed E-state index contributed by atoms with van der Waals surface area (Å²) in [5.41, 5.74) is 1.27. The van der Waals surface area contributed by atoms with Gasteiger partial charge in [-0.1, -0.05) is 19.1 Å². The maximum Gasteiger partial charge on any atom is 0.189 e. The Hall–Kier alpha value is -1.06. The van der Waals surface area contributed by atoms with Crippen LogP contribution in [-0.2, 0) is 4.74 Å². The maximum absolute atomic E-state index is 5.40. The fourth-order valence-corrected chi connectivity index (χ4v) is 1.47. The van der Waals surface area contributed by atoms with Crippen LogP contribution in [0, 0.1) is 0 Å². The van der Waals surface area contributed by atoms with Crippen molar-refractivity contribution in [2.75, 3.05) is 19.9 Å². The Bertz CT molecular complexity index is 284. The molecule has 3 heteroatoms. The number of benzene rings is 1. The van der Waals surface area contributed by atoms with Gasteiger partial charge in [0.25, 0.3) is 0 Å². The largest absolute Gasteiger partial charge is 0.468 e. The van der Waals surface area contributed by atoms with E-state index in [1.165, 1.54) is 5.56 Å². The van der Waals surface area contributed by atoms with Gasteiger partial charge in [-0.25, -0.2) is 0 Å². The molecule has 0 saturated carbocycles. The van der Waals surface area contributed by atoms with Gasteiger partial charge in [0.1, 0.15) is 5.75 Å². The predicted octanol–water partition coefficient (Wildman–Crippen LogP) is 2.73. The molecule has 0 fully saturated rings. The lowest BCUT2D eigenvalue weighted by Crippen LogP contribution is -2.17. The fourth-order valence-electron chi connectivity index (χ4n) is 1.47. The summed E-state index contributed by atoms with van der Waals surface area (Å²) in [7, 11) is 0.